The highest BCUT2D eigenvalue weighted by Crippen LogP contribution is 2.20. The van der Waals surface area contributed by atoms with Crippen molar-refractivity contribution >= 4 is 0 Å². The first-order valence-electron chi connectivity index (χ1n) is 7.30. The summed E-state index contributed by atoms with van der Waals surface area (Å²) in [5.41, 5.74) is 2.03. The lowest BCUT2D eigenvalue weighted by molar-refractivity contribution is 0.120. The van der Waals surface area contributed by atoms with Gasteiger partial charge in [0.2, 0.25) is 0 Å². The van der Waals surface area contributed by atoms with E-state index in [1.807, 2.05) is 42.5 Å². The number of likely N-dealkylation sites (tertiary alicyclic amines) is 1. The van der Waals surface area contributed by atoms with Crippen molar-refractivity contribution < 1.29 is 0 Å². The molecule has 0 aromatic carbocycles. The van der Waals surface area contributed by atoms with E-state index in [2.05, 4.69) is 20.0 Å². The molecule has 0 amide bonds. The van der Waals surface area contributed by atoms with Gasteiger partial charge in [0.25, 0.3) is 0 Å². The third-order valence-electron chi connectivity index (χ3n) is 3.91. The summed E-state index contributed by atoms with van der Waals surface area (Å²) < 4.78 is 2.03. The Morgan fingerprint density at radius 3 is 2.95 bits per heavy atom. The molecule has 1 aliphatic rings. The van der Waals surface area contributed by atoms with Gasteiger partial charge in [-0.1, -0.05) is 6.42 Å². The summed E-state index contributed by atoms with van der Waals surface area (Å²) in [6.07, 6.45) is 11.4. The Morgan fingerprint density at radius 2 is 2.20 bits per heavy atom. The second kappa shape index (κ2) is 6.13. The summed E-state index contributed by atoms with van der Waals surface area (Å²) in [5, 5.41) is 4.33. The second-order valence-electron chi connectivity index (χ2n) is 5.50. The van der Waals surface area contributed by atoms with Crippen LogP contribution in [-0.2, 0) is 13.1 Å². The van der Waals surface area contributed by atoms with Crippen LogP contribution in [0.3, 0.4) is 0 Å². The van der Waals surface area contributed by atoms with Crippen LogP contribution in [0.15, 0.2) is 30.9 Å². The van der Waals surface area contributed by atoms with Crippen molar-refractivity contribution in [3.8, 4) is 0 Å². The van der Waals surface area contributed by atoms with Crippen LogP contribution < -0.4 is 0 Å². The van der Waals surface area contributed by atoms with Crippen LogP contribution in [0.4, 0.5) is 0 Å². The number of nitrogens with zero attached hydrogens (tertiary/aromatic N) is 5. The summed E-state index contributed by atoms with van der Waals surface area (Å²) in [6.45, 7) is 4.96. The minimum absolute atomic E-state index is 0.548. The summed E-state index contributed by atoms with van der Waals surface area (Å²) in [7, 11) is 0. The third kappa shape index (κ3) is 3.22. The Balaban J connectivity index is 1.67. The molecule has 0 aliphatic carbocycles. The molecule has 106 valence electrons. The van der Waals surface area contributed by atoms with Crippen molar-refractivity contribution in [3.63, 3.8) is 0 Å². The fourth-order valence-electron chi connectivity index (χ4n) is 2.81. The van der Waals surface area contributed by atoms with Gasteiger partial charge in [-0.2, -0.15) is 5.10 Å². The van der Waals surface area contributed by atoms with Crippen molar-refractivity contribution in [2.75, 3.05) is 6.54 Å². The van der Waals surface area contributed by atoms with Crippen molar-refractivity contribution in [1.82, 2.24) is 24.6 Å². The largest absolute Gasteiger partial charge is 0.293 e. The smallest absolute Gasteiger partial charge is 0.0727 e. The van der Waals surface area contributed by atoms with E-state index in [4.69, 9.17) is 0 Å². The fraction of sp³-hybridized carbons (Fsp3) is 0.533. The highest BCUT2D eigenvalue weighted by Gasteiger charge is 2.23. The molecule has 2 aromatic rings. The Hall–Kier alpha value is -1.75. The minimum Gasteiger partial charge on any atom is -0.293 e. The van der Waals surface area contributed by atoms with Crippen molar-refractivity contribution in [3.05, 3.63) is 42.2 Å². The van der Waals surface area contributed by atoms with Crippen LogP contribution >= 0.6 is 0 Å². The lowest BCUT2D eigenvalue weighted by Crippen LogP contribution is -2.41. The topological polar surface area (TPSA) is 46.8 Å². The van der Waals surface area contributed by atoms with E-state index in [0.717, 1.165) is 31.0 Å². The van der Waals surface area contributed by atoms with Gasteiger partial charge in [-0.05, 0) is 32.4 Å². The fourth-order valence-corrected chi connectivity index (χ4v) is 2.81. The van der Waals surface area contributed by atoms with Crippen molar-refractivity contribution in [2.45, 2.75) is 45.3 Å². The summed E-state index contributed by atoms with van der Waals surface area (Å²) in [5.74, 6) is 0. The van der Waals surface area contributed by atoms with Crippen molar-refractivity contribution in [2.24, 2.45) is 0 Å². The normalized spacial score (nSPS) is 20.1. The van der Waals surface area contributed by atoms with Gasteiger partial charge in [-0.3, -0.25) is 19.5 Å². The third-order valence-corrected chi connectivity index (χ3v) is 3.91. The molecule has 3 rings (SSSR count). The molecule has 0 unspecified atom stereocenters. The summed E-state index contributed by atoms with van der Waals surface area (Å²) in [6, 6.07) is 2.53. The van der Waals surface area contributed by atoms with E-state index in [-0.39, 0.29) is 0 Å². The van der Waals surface area contributed by atoms with Crippen LogP contribution in [0, 0.1) is 6.92 Å². The Morgan fingerprint density at radius 1 is 1.25 bits per heavy atom. The van der Waals surface area contributed by atoms with Gasteiger partial charge >= 0.3 is 0 Å². The van der Waals surface area contributed by atoms with E-state index in [1.165, 1.54) is 19.3 Å². The zero-order chi connectivity index (χ0) is 13.8. The molecule has 2 aromatic heterocycles. The maximum Gasteiger partial charge on any atom is 0.0727 e. The Labute approximate surface area is 119 Å². The average molecular weight is 271 g/mol. The van der Waals surface area contributed by atoms with Crippen LogP contribution in [0.2, 0.25) is 0 Å². The molecular weight excluding hydrogens is 250 g/mol. The van der Waals surface area contributed by atoms with E-state index >= 15 is 0 Å². The van der Waals surface area contributed by atoms with Gasteiger partial charge in [0.05, 0.1) is 17.9 Å². The van der Waals surface area contributed by atoms with E-state index in [1.54, 1.807) is 0 Å². The first-order chi connectivity index (χ1) is 9.81. The predicted octanol–water partition coefficient (Wildman–Crippen LogP) is 2.04. The van der Waals surface area contributed by atoms with Gasteiger partial charge in [-0.15, -0.1) is 0 Å². The number of piperidine rings is 1. The number of aromatic nitrogens is 4. The number of aryl methyl sites for hydroxylation is 1. The molecule has 3 heterocycles. The maximum atomic E-state index is 4.48. The molecular formula is C15H21N5. The SMILES string of the molecule is Cc1cnc(CN2CCCC[C@@H]2Cn2cccn2)cn1. The van der Waals surface area contributed by atoms with Gasteiger partial charge in [0.1, 0.15) is 0 Å². The van der Waals surface area contributed by atoms with Crippen LogP contribution in [0.25, 0.3) is 0 Å². The molecule has 5 heteroatoms. The Kier molecular flexibility index (Phi) is 4.06. The number of hydrogen-bond acceptors (Lipinski definition) is 4. The van der Waals surface area contributed by atoms with E-state index in [9.17, 15) is 0 Å². The molecule has 0 bridgehead atoms. The summed E-state index contributed by atoms with van der Waals surface area (Å²) in [4.78, 5) is 11.3. The quantitative estimate of drug-likeness (QED) is 0.853. The molecule has 0 N–H and O–H groups in total. The highest BCUT2D eigenvalue weighted by molar-refractivity contribution is 5.01. The molecule has 0 spiro atoms. The number of rotatable bonds is 4. The minimum atomic E-state index is 0.548. The average Bonchev–Trinajstić information content (AvgIpc) is 2.96. The molecule has 1 fully saturated rings. The highest BCUT2D eigenvalue weighted by atomic mass is 15.3. The van der Waals surface area contributed by atoms with Crippen LogP contribution in [0.5, 0.6) is 0 Å². The zero-order valence-corrected chi connectivity index (χ0v) is 11.9. The molecule has 0 radical (unpaired) electrons. The second-order valence-corrected chi connectivity index (χ2v) is 5.50. The zero-order valence-electron chi connectivity index (χ0n) is 11.9. The molecule has 20 heavy (non-hydrogen) atoms. The first-order valence-corrected chi connectivity index (χ1v) is 7.30. The van der Waals surface area contributed by atoms with Gasteiger partial charge in [0.15, 0.2) is 0 Å². The number of hydrogen-bond donors (Lipinski definition) is 0. The Bertz CT molecular complexity index is 520. The van der Waals surface area contributed by atoms with Gasteiger partial charge < -0.3 is 0 Å². The monoisotopic (exact) mass is 271 g/mol. The van der Waals surface area contributed by atoms with E-state index < -0.39 is 0 Å². The van der Waals surface area contributed by atoms with Gasteiger partial charge in [0, 0.05) is 37.4 Å². The van der Waals surface area contributed by atoms with Crippen LogP contribution in [-0.4, -0.2) is 37.2 Å². The van der Waals surface area contributed by atoms with Gasteiger partial charge in [-0.25, -0.2) is 0 Å². The first kappa shape index (κ1) is 13.2. The van der Waals surface area contributed by atoms with Crippen LogP contribution in [0.1, 0.15) is 30.7 Å². The lowest BCUT2D eigenvalue weighted by Gasteiger charge is -2.35. The molecule has 1 aliphatic heterocycles. The lowest BCUT2D eigenvalue weighted by atomic mass is 10.0. The molecule has 1 atom stereocenters. The molecule has 1 saturated heterocycles. The predicted molar refractivity (Wildman–Crippen MR) is 77.0 cm³/mol. The standard InChI is InChI=1S/C15H21N5/c1-13-9-17-14(10-16-13)11-19-7-3-2-5-15(19)12-20-8-4-6-18-20/h4,6,8-10,15H,2-3,5,7,11-12H2,1H3/t15-/m1/s1. The maximum absolute atomic E-state index is 4.48. The molecule has 0 saturated carbocycles. The summed E-state index contributed by atoms with van der Waals surface area (Å²) >= 11 is 0. The molecule has 5 nitrogen and oxygen atoms in total. The van der Waals surface area contributed by atoms with E-state index in [0.29, 0.717) is 6.04 Å². The van der Waals surface area contributed by atoms with Crippen molar-refractivity contribution in [1.29, 1.82) is 0 Å².